The third kappa shape index (κ3) is 8.35. The van der Waals surface area contributed by atoms with Gasteiger partial charge in [0.2, 0.25) is 5.91 Å². The van der Waals surface area contributed by atoms with Crippen LogP contribution in [0.3, 0.4) is 0 Å². The number of esters is 2. The van der Waals surface area contributed by atoms with Crippen LogP contribution < -0.4 is 15.0 Å². The second-order valence-corrected chi connectivity index (χ2v) is 10.3. The van der Waals surface area contributed by atoms with E-state index in [1.807, 2.05) is 68.4 Å². The van der Waals surface area contributed by atoms with E-state index in [-0.39, 0.29) is 31.1 Å². The molecule has 0 saturated carbocycles. The van der Waals surface area contributed by atoms with E-state index in [1.54, 1.807) is 18.2 Å². The van der Waals surface area contributed by atoms with E-state index in [0.717, 1.165) is 42.7 Å². The lowest BCUT2D eigenvalue weighted by Crippen LogP contribution is -2.38. The zero-order chi connectivity index (χ0) is 29.7. The minimum Gasteiger partial charge on any atom is -0.493 e. The van der Waals surface area contributed by atoms with Gasteiger partial charge in [0.15, 0.2) is 6.04 Å². The summed E-state index contributed by atoms with van der Waals surface area (Å²) in [7, 11) is 0. The number of hydrogen-bond acceptors (Lipinski definition) is 7. The Morgan fingerprint density at radius 1 is 0.857 bits per heavy atom. The van der Waals surface area contributed by atoms with Crippen molar-refractivity contribution in [2.45, 2.75) is 58.6 Å². The van der Waals surface area contributed by atoms with E-state index in [4.69, 9.17) is 14.2 Å². The molecule has 1 heterocycles. The van der Waals surface area contributed by atoms with Crippen molar-refractivity contribution in [1.29, 1.82) is 0 Å². The Kier molecular flexibility index (Phi) is 11.4. The molecule has 3 aromatic carbocycles. The summed E-state index contributed by atoms with van der Waals surface area (Å²) in [5, 5.41) is 2.92. The molecule has 1 fully saturated rings. The molecule has 0 bridgehead atoms. The summed E-state index contributed by atoms with van der Waals surface area (Å²) in [5.74, 6) is -0.994. The van der Waals surface area contributed by atoms with Crippen LogP contribution in [0.2, 0.25) is 0 Å². The quantitative estimate of drug-likeness (QED) is 0.259. The molecule has 3 aromatic rings. The maximum absolute atomic E-state index is 13.3. The van der Waals surface area contributed by atoms with E-state index in [0.29, 0.717) is 24.3 Å². The zero-order valence-corrected chi connectivity index (χ0v) is 24.5. The highest BCUT2D eigenvalue weighted by Gasteiger charge is 2.29. The number of para-hydroxylation sites is 1. The number of nitrogens with one attached hydrogen (secondary N) is 1. The van der Waals surface area contributed by atoms with Crippen LogP contribution in [-0.4, -0.2) is 44.1 Å². The van der Waals surface area contributed by atoms with Gasteiger partial charge in [0.25, 0.3) is 0 Å². The summed E-state index contributed by atoms with van der Waals surface area (Å²) in [5.41, 5.74) is 3.47. The van der Waals surface area contributed by atoms with Crippen LogP contribution in [-0.2, 0) is 32.1 Å². The normalized spacial score (nSPS) is 13.6. The van der Waals surface area contributed by atoms with Gasteiger partial charge in [-0.1, -0.05) is 61.5 Å². The molecule has 8 heteroatoms. The van der Waals surface area contributed by atoms with Crippen LogP contribution in [0.1, 0.15) is 72.6 Å². The maximum Gasteiger partial charge on any atom is 0.342 e. The molecule has 42 heavy (non-hydrogen) atoms. The molecule has 222 valence electrons. The third-order valence-corrected chi connectivity index (χ3v) is 7.08. The van der Waals surface area contributed by atoms with Crippen LogP contribution in [0.25, 0.3) is 0 Å². The highest BCUT2D eigenvalue weighted by Crippen LogP contribution is 2.30. The molecule has 0 radical (unpaired) electrons. The molecule has 8 nitrogen and oxygen atoms in total. The number of nitrogens with zero attached hydrogens (tertiary/aromatic N) is 1. The average Bonchev–Trinajstić information content (AvgIpc) is 3.02. The van der Waals surface area contributed by atoms with Crippen molar-refractivity contribution >= 4 is 23.5 Å². The molecule has 0 aliphatic carbocycles. The fraction of sp³-hybridized carbons (Fsp3) is 0.382. The van der Waals surface area contributed by atoms with Crippen molar-refractivity contribution in [3.8, 4) is 5.75 Å². The molecule has 1 aliphatic heterocycles. The van der Waals surface area contributed by atoms with Gasteiger partial charge < -0.3 is 24.4 Å². The molecule has 4 rings (SSSR count). The standard InChI is InChI=1S/C34H40N2O6/c1-3-21-41-34(39)32(27-15-9-10-16-29(27)36-19-11-6-12-20-36)35-31(37)23-26-17-18-28(30(22-26)40-4-2)33(38)42-24-25-13-7-5-8-14-25/h5,7-10,13-18,22,32H,3-4,6,11-12,19-21,23-24H2,1-2H3,(H,35,37). The fourth-order valence-corrected chi connectivity index (χ4v) is 5.02. The Labute approximate surface area is 248 Å². The van der Waals surface area contributed by atoms with Gasteiger partial charge in [0.1, 0.15) is 17.9 Å². The molecular weight excluding hydrogens is 532 g/mol. The van der Waals surface area contributed by atoms with Crippen molar-refractivity contribution in [3.05, 3.63) is 95.1 Å². The molecule has 1 N–H and O–H groups in total. The largest absolute Gasteiger partial charge is 0.493 e. The minimum atomic E-state index is -0.944. The number of carbonyl (C=O) groups excluding carboxylic acids is 3. The Balaban J connectivity index is 1.50. The summed E-state index contributed by atoms with van der Waals surface area (Å²) < 4.78 is 16.7. The highest BCUT2D eigenvalue weighted by atomic mass is 16.5. The van der Waals surface area contributed by atoms with E-state index in [1.165, 1.54) is 6.42 Å². The Hall–Kier alpha value is -4.33. The summed E-state index contributed by atoms with van der Waals surface area (Å²) in [6, 6.07) is 21.2. The predicted molar refractivity (Wildman–Crippen MR) is 162 cm³/mol. The molecule has 1 unspecified atom stereocenters. The summed E-state index contributed by atoms with van der Waals surface area (Å²) in [6.07, 6.45) is 4.03. The molecule has 1 aliphatic rings. The van der Waals surface area contributed by atoms with Crippen molar-refractivity contribution < 1.29 is 28.6 Å². The number of carbonyl (C=O) groups is 3. The van der Waals surface area contributed by atoms with E-state index in [9.17, 15) is 14.4 Å². The molecule has 0 aromatic heterocycles. The first-order valence-electron chi connectivity index (χ1n) is 14.8. The smallest absolute Gasteiger partial charge is 0.342 e. The topological polar surface area (TPSA) is 94.2 Å². The minimum absolute atomic E-state index is 0.0111. The number of rotatable bonds is 13. The van der Waals surface area contributed by atoms with E-state index < -0.39 is 18.0 Å². The molecule has 1 saturated heterocycles. The van der Waals surface area contributed by atoms with Crippen LogP contribution in [0.15, 0.2) is 72.8 Å². The maximum atomic E-state index is 13.3. The number of ether oxygens (including phenoxy) is 3. The lowest BCUT2D eigenvalue weighted by Gasteiger charge is -2.32. The van der Waals surface area contributed by atoms with Gasteiger partial charge in [-0.25, -0.2) is 9.59 Å². The van der Waals surface area contributed by atoms with Gasteiger partial charge in [-0.2, -0.15) is 0 Å². The van der Waals surface area contributed by atoms with Crippen LogP contribution in [0.5, 0.6) is 5.75 Å². The Morgan fingerprint density at radius 3 is 2.33 bits per heavy atom. The van der Waals surface area contributed by atoms with Gasteiger partial charge >= 0.3 is 11.9 Å². The molecule has 1 amide bonds. The zero-order valence-electron chi connectivity index (χ0n) is 24.5. The Morgan fingerprint density at radius 2 is 1.60 bits per heavy atom. The second-order valence-electron chi connectivity index (χ2n) is 10.3. The number of hydrogen-bond donors (Lipinski definition) is 1. The lowest BCUT2D eigenvalue weighted by molar-refractivity contribution is -0.148. The van der Waals surface area contributed by atoms with Gasteiger partial charge in [-0.15, -0.1) is 0 Å². The van der Waals surface area contributed by atoms with Gasteiger partial charge in [0, 0.05) is 24.3 Å². The molecular formula is C34H40N2O6. The lowest BCUT2D eigenvalue weighted by atomic mass is 10.0. The van der Waals surface area contributed by atoms with Gasteiger partial charge in [-0.05, 0) is 61.9 Å². The number of benzene rings is 3. The van der Waals surface area contributed by atoms with Crippen molar-refractivity contribution in [2.75, 3.05) is 31.2 Å². The number of anilines is 1. The summed E-state index contributed by atoms with van der Waals surface area (Å²) in [4.78, 5) is 41.7. The summed E-state index contributed by atoms with van der Waals surface area (Å²) in [6.45, 7) is 6.32. The Bertz CT molecular complexity index is 1340. The second kappa shape index (κ2) is 15.6. The van der Waals surface area contributed by atoms with Crippen LogP contribution >= 0.6 is 0 Å². The number of amides is 1. The first kappa shape index (κ1) is 30.6. The van der Waals surface area contributed by atoms with Crippen LogP contribution in [0.4, 0.5) is 5.69 Å². The van der Waals surface area contributed by atoms with Crippen molar-refractivity contribution in [1.82, 2.24) is 5.32 Å². The average molecular weight is 573 g/mol. The van der Waals surface area contributed by atoms with Crippen molar-refractivity contribution in [2.24, 2.45) is 0 Å². The monoisotopic (exact) mass is 572 g/mol. The van der Waals surface area contributed by atoms with E-state index >= 15 is 0 Å². The number of piperidine rings is 1. The third-order valence-electron chi connectivity index (χ3n) is 7.08. The van der Waals surface area contributed by atoms with Gasteiger partial charge in [-0.3, -0.25) is 4.79 Å². The SMILES string of the molecule is CCCOC(=O)C(NC(=O)Cc1ccc(C(=O)OCc2ccccc2)c(OCC)c1)c1ccccc1N1CCCCC1. The first-order chi connectivity index (χ1) is 20.5. The molecule has 0 spiro atoms. The van der Waals surface area contributed by atoms with Gasteiger partial charge in [0.05, 0.1) is 19.6 Å². The van der Waals surface area contributed by atoms with Crippen molar-refractivity contribution in [3.63, 3.8) is 0 Å². The first-order valence-corrected chi connectivity index (χ1v) is 14.8. The molecule has 1 atom stereocenters. The summed E-state index contributed by atoms with van der Waals surface area (Å²) >= 11 is 0. The fourth-order valence-electron chi connectivity index (χ4n) is 5.02. The van der Waals surface area contributed by atoms with Crippen LogP contribution in [0, 0.1) is 0 Å². The predicted octanol–water partition coefficient (Wildman–Crippen LogP) is 5.79. The highest BCUT2D eigenvalue weighted by molar-refractivity contribution is 5.93. The van der Waals surface area contributed by atoms with E-state index in [2.05, 4.69) is 10.2 Å².